The summed E-state index contributed by atoms with van der Waals surface area (Å²) in [7, 11) is 0. The average Bonchev–Trinajstić information content (AvgIpc) is 2.35. The predicted molar refractivity (Wildman–Crippen MR) is 87.2 cm³/mol. The molecule has 21 heavy (non-hydrogen) atoms. The van der Waals surface area contributed by atoms with Gasteiger partial charge in [-0.25, -0.2) is 0 Å². The second-order valence-electron chi connectivity index (χ2n) is 7.56. The summed E-state index contributed by atoms with van der Waals surface area (Å²) in [5.41, 5.74) is 0.621. The monoisotopic (exact) mass is 291 g/mol. The van der Waals surface area contributed by atoms with Crippen LogP contribution in [0.2, 0.25) is 0 Å². The third kappa shape index (κ3) is 6.87. The summed E-state index contributed by atoms with van der Waals surface area (Å²) in [6.07, 6.45) is 0. The zero-order chi connectivity index (χ0) is 16.1. The maximum Gasteiger partial charge on any atom is 0.157 e. The SMILES string of the molecule is CC(C)(C)NC(COCc1ccccc1)C(=O)C(C)(C)C. The smallest absolute Gasteiger partial charge is 0.157 e. The molecule has 0 saturated carbocycles. The van der Waals surface area contributed by atoms with Crippen LogP contribution in [0, 0.1) is 5.41 Å². The predicted octanol–water partition coefficient (Wildman–Crippen LogP) is 3.58. The van der Waals surface area contributed by atoms with Crippen molar-refractivity contribution in [3.63, 3.8) is 0 Å². The van der Waals surface area contributed by atoms with Gasteiger partial charge in [-0.3, -0.25) is 4.79 Å². The van der Waals surface area contributed by atoms with E-state index in [0.29, 0.717) is 13.2 Å². The molecular weight excluding hydrogens is 262 g/mol. The van der Waals surface area contributed by atoms with E-state index in [4.69, 9.17) is 4.74 Å². The second-order valence-corrected chi connectivity index (χ2v) is 7.56. The van der Waals surface area contributed by atoms with E-state index < -0.39 is 0 Å². The van der Waals surface area contributed by atoms with Crippen LogP contribution in [0.3, 0.4) is 0 Å². The minimum absolute atomic E-state index is 0.123. The first-order valence-corrected chi connectivity index (χ1v) is 7.53. The fraction of sp³-hybridized carbons (Fsp3) is 0.611. The summed E-state index contributed by atoms with van der Waals surface area (Å²) < 4.78 is 5.76. The molecule has 0 bridgehead atoms. The van der Waals surface area contributed by atoms with Gasteiger partial charge in [-0.05, 0) is 26.3 Å². The van der Waals surface area contributed by atoms with Crippen LogP contribution in [-0.2, 0) is 16.1 Å². The molecule has 1 aromatic carbocycles. The van der Waals surface area contributed by atoms with Crippen molar-refractivity contribution >= 4 is 5.78 Å². The van der Waals surface area contributed by atoms with E-state index in [-0.39, 0.29) is 22.8 Å². The Balaban J connectivity index is 2.63. The number of ether oxygens (including phenoxy) is 1. The maximum atomic E-state index is 12.5. The number of carbonyl (C=O) groups is 1. The van der Waals surface area contributed by atoms with Crippen LogP contribution < -0.4 is 5.32 Å². The van der Waals surface area contributed by atoms with Gasteiger partial charge < -0.3 is 10.1 Å². The van der Waals surface area contributed by atoms with Crippen molar-refractivity contribution < 1.29 is 9.53 Å². The maximum absolute atomic E-state index is 12.5. The molecule has 0 aliphatic carbocycles. The van der Waals surface area contributed by atoms with Crippen LogP contribution in [0.15, 0.2) is 30.3 Å². The van der Waals surface area contributed by atoms with Crippen molar-refractivity contribution in [2.24, 2.45) is 5.41 Å². The number of hydrogen-bond donors (Lipinski definition) is 1. The standard InChI is InChI=1S/C18H29NO2/c1-17(2,3)16(20)15(19-18(4,5)6)13-21-12-14-10-8-7-9-11-14/h7-11,15,19H,12-13H2,1-6H3. The first kappa shape index (κ1) is 17.9. The van der Waals surface area contributed by atoms with Gasteiger partial charge in [-0.2, -0.15) is 0 Å². The summed E-state index contributed by atoms with van der Waals surface area (Å²) in [5.74, 6) is 0.186. The minimum Gasteiger partial charge on any atom is -0.375 e. The number of Topliss-reactive ketones (excluding diaryl/α,β-unsaturated/α-hetero) is 1. The van der Waals surface area contributed by atoms with Crippen LogP contribution in [0.25, 0.3) is 0 Å². The van der Waals surface area contributed by atoms with Crippen molar-refractivity contribution in [1.29, 1.82) is 0 Å². The van der Waals surface area contributed by atoms with E-state index in [0.717, 1.165) is 5.56 Å². The number of carbonyl (C=O) groups excluding carboxylic acids is 1. The van der Waals surface area contributed by atoms with Crippen molar-refractivity contribution in [1.82, 2.24) is 5.32 Å². The lowest BCUT2D eigenvalue weighted by molar-refractivity contribution is -0.130. The molecule has 118 valence electrons. The van der Waals surface area contributed by atoms with Crippen LogP contribution in [-0.4, -0.2) is 24.0 Å². The molecule has 0 heterocycles. The molecule has 0 spiro atoms. The van der Waals surface area contributed by atoms with E-state index in [1.54, 1.807) is 0 Å². The molecule has 0 fully saturated rings. The van der Waals surface area contributed by atoms with E-state index >= 15 is 0 Å². The highest BCUT2D eigenvalue weighted by atomic mass is 16.5. The highest BCUT2D eigenvalue weighted by Crippen LogP contribution is 2.19. The Morgan fingerprint density at radius 3 is 2.14 bits per heavy atom. The summed E-state index contributed by atoms with van der Waals surface area (Å²) in [4.78, 5) is 12.5. The molecule has 0 amide bonds. The van der Waals surface area contributed by atoms with E-state index in [9.17, 15) is 4.79 Å². The van der Waals surface area contributed by atoms with Gasteiger partial charge in [0.15, 0.2) is 5.78 Å². The topological polar surface area (TPSA) is 38.3 Å². The molecule has 3 heteroatoms. The molecule has 0 radical (unpaired) electrons. The Morgan fingerprint density at radius 2 is 1.67 bits per heavy atom. The van der Waals surface area contributed by atoms with Gasteiger partial charge in [0.2, 0.25) is 0 Å². The fourth-order valence-corrected chi connectivity index (χ4v) is 2.10. The largest absolute Gasteiger partial charge is 0.375 e. The van der Waals surface area contributed by atoms with E-state index in [2.05, 4.69) is 26.1 Å². The number of ketones is 1. The van der Waals surface area contributed by atoms with Gasteiger partial charge in [0.1, 0.15) is 0 Å². The van der Waals surface area contributed by atoms with E-state index in [1.165, 1.54) is 0 Å². The van der Waals surface area contributed by atoms with Crippen LogP contribution in [0.1, 0.15) is 47.1 Å². The first-order chi connectivity index (χ1) is 9.59. The quantitative estimate of drug-likeness (QED) is 0.870. The van der Waals surface area contributed by atoms with E-state index in [1.807, 2.05) is 51.1 Å². The normalized spacial score (nSPS) is 14.0. The van der Waals surface area contributed by atoms with Gasteiger partial charge in [-0.1, -0.05) is 51.1 Å². The zero-order valence-electron chi connectivity index (χ0n) is 14.2. The molecule has 1 atom stereocenters. The van der Waals surface area contributed by atoms with Gasteiger partial charge in [0.25, 0.3) is 0 Å². The number of hydrogen-bond acceptors (Lipinski definition) is 3. The lowest BCUT2D eigenvalue weighted by Gasteiger charge is -2.31. The van der Waals surface area contributed by atoms with Crippen LogP contribution >= 0.6 is 0 Å². The van der Waals surface area contributed by atoms with Gasteiger partial charge in [0.05, 0.1) is 19.3 Å². The summed E-state index contributed by atoms with van der Waals surface area (Å²) in [5, 5.41) is 3.37. The second kappa shape index (κ2) is 7.19. The lowest BCUT2D eigenvalue weighted by Crippen LogP contribution is -2.53. The first-order valence-electron chi connectivity index (χ1n) is 7.53. The van der Waals surface area contributed by atoms with Gasteiger partial charge >= 0.3 is 0 Å². The molecule has 1 unspecified atom stereocenters. The Hall–Kier alpha value is -1.19. The third-order valence-corrected chi connectivity index (χ3v) is 3.06. The molecule has 3 nitrogen and oxygen atoms in total. The number of nitrogens with one attached hydrogen (secondary N) is 1. The summed E-state index contributed by atoms with van der Waals surface area (Å²) in [6, 6.07) is 9.73. The van der Waals surface area contributed by atoms with Crippen molar-refractivity contribution in [3.05, 3.63) is 35.9 Å². The molecule has 0 aromatic heterocycles. The van der Waals surface area contributed by atoms with Crippen LogP contribution in [0.5, 0.6) is 0 Å². The Labute approximate surface area is 129 Å². The van der Waals surface area contributed by atoms with Gasteiger partial charge in [0, 0.05) is 11.0 Å². The molecule has 1 aromatic rings. The van der Waals surface area contributed by atoms with Crippen molar-refractivity contribution in [3.8, 4) is 0 Å². The molecule has 0 saturated heterocycles. The molecule has 0 aliphatic heterocycles. The van der Waals surface area contributed by atoms with Crippen molar-refractivity contribution in [2.75, 3.05) is 6.61 Å². The Morgan fingerprint density at radius 1 is 1.10 bits per heavy atom. The molecule has 0 aliphatic rings. The summed E-state index contributed by atoms with van der Waals surface area (Å²) in [6.45, 7) is 13.0. The Kier molecular flexibility index (Phi) is 6.11. The lowest BCUT2D eigenvalue weighted by atomic mass is 9.86. The number of rotatable bonds is 6. The minimum atomic E-state index is -0.376. The van der Waals surface area contributed by atoms with Crippen molar-refractivity contribution in [2.45, 2.75) is 59.7 Å². The van der Waals surface area contributed by atoms with Crippen LogP contribution in [0.4, 0.5) is 0 Å². The average molecular weight is 291 g/mol. The molecular formula is C18H29NO2. The van der Waals surface area contributed by atoms with Gasteiger partial charge in [-0.15, -0.1) is 0 Å². The number of benzene rings is 1. The Bertz CT molecular complexity index is 441. The highest BCUT2D eigenvalue weighted by Gasteiger charge is 2.32. The highest BCUT2D eigenvalue weighted by molar-refractivity contribution is 5.88. The fourth-order valence-electron chi connectivity index (χ4n) is 2.10. The summed E-state index contributed by atoms with van der Waals surface area (Å²) >= 11 is 0. The zero-order valence-corrected chi connectivity index (χ0v) is 14.2. The third-order valence-electron chi connectivity index (χ3n) is 3.06. The molecule has 1 N–H and O–H groups in total. The molecule has 1 rings (SSSR count).